The van der Waals surface area contributed by atoms with Crippen LogP contribution >= 0.6 is 11.6 Å². The number of alkyl halides is 1. The standard InChI is InChI=1S/C8H13ClN2O/c1-7(9)8(12)11-6-4-2-3-5-10/h7H,2-4,6H2,1H3,(H,11,12). The Balaban J connectivity index is 3.21. The highest BCUT2D eigenvalue weighted by atomic mass is 35.5. The van der Waals surface area contributed by atoms with Gasteiger partial charge in [0.2, 0.25) is 5.91 Å². The van der Waals surface area contributed by atoms with Gasteiger partial charge in [0.05, 0.1) is 6.07 Å². The smallest absolute Gasteiger partial charge is 0.237 e. The summed E-state index contributed by atoms with van der Waals surface area (Å²) in [6, 6.07) is 2.04. The van der Waals surface area contributed by atoms with Crippen molar-refractivity contribution in [1.29, 1.82) is 5.26 Å². The second-order valence-electron chi connectivity index (χ2n) is 2.52. The van der Waals surface area contributed by atoms with Gasteiger partial charge in [0.25, 0.3) is 0 Å². The number of carbonyl (C=O) groups is 1. The molecule has 0 aliphatic carbocycles. The van der Waals surface area contributed by atoms with Gasteiger partial charge < -0.3 is 5.32 Å². The third-order valence-corrected chi connectivity index (χ3v) is 1.57. The van der Waals surface area contributed by atoms with Crippen molar-refractivity contribution in [2.24, 2.45) is 0 Å². The number of hydrogen-bond donors (Lipinski definition) is 1. The average molecular weight is 189 g/mol. The van der Waals surface area contributed by atoms with Crippen molar-refractivity contribution in [1.82, 2.24) is 5.32 Å². The number of nitriles is 1. The summed E-state index contributed by atoms with van der Waals surface area (Å²) < 4.78 is 0. The molecule has 0 radical (unpaired) electrons. The molecule has 0 fully saturated rings. The summed E-state index contributed by atoms with van der Waals surface area (Å²) in [6.07, 6.45) is 2.21. The number of halogens is 1. The largest absolute Gasteiger partial charge is 0.355 e. The molecular formula is C8H13ClN2O. The predicted octanol–water partition coefficient (Wildman–Crippen LogP) is 1.42. The summed E-state index contributed by atoms with van der Waals surface area (Å²) in [5.74, 6) is -0.145. The Morgan fingerprint density at radius 2 is 2.33 bits per heavy atom. The number of rotatable bonds is 5. The van der Waals surface area contributed by atoms with Gasteiger partial charge in [0, 0.05) is 13.0 Å². The Hall–Kier alpha value is -0.750. The lowest BCUT2D eigenvalue weighted by atomic mass is 10.2. The third-order valence-electron chi connectivity index (χ3n) is 1.38. The lowest BCUT2D eigenvalue weighted by molar-refractivity contribution is -0.120. The zero-order chi connectivity index (χ0) is 9.40. The van der Waals surface area contributed by atoms with Crippen molar-refractivity contribution >= 4 is 17.5 Å². The first-order chi connectivity index (χ1) is 5.68. The normalized spacial score (nSPS) is 11.8. The Kier molecular flexibility index (Phi) is 6.50. The Labute approximate surface area is 77.7 Å². The monoisotopic (exact) mass is 188 g/mol. The maximum atomic E-state index is 10.9. The summed E-state index contributed by atoms with van der Waals surface area (Å²) in [7, 11) is 0. The molecule has 4 heteroatoms. The molecule has 0 aliphatic heterocycles. The number of hydrogen-bond acceptors (Lipinski definition) is 2. The van der Waals surface area contributed by atoms with Crippen LogP contribution in [0.4, 0.5) is 0 Å². The molecule has 0 aromatic carbocycles. The van der Waals surface area contributed by atoms with Crippen LogP contribution in [0.3, 0.4) is 0 Å². The Morgan fingerprint density at radius 3 is 2.83 bits per heavy atom. The molecule has 0 bridgehead atoms. The molecule has 0 aliphatic rings. The molecule has 0 spiro atoms. The van der Waals surface area contributed by atoms with E-state index in [1.54, 1.807) is 6.92 Å². The zero-order valence-corrected chi connectivity index (χ0v) is 7.90. The highest BCUT2D eigenvalue weighted by molar-refractivity contribution is 6.30. The van der Waals surface area contributed by atoms with Crippen LogP contribution in [0.25, 0.3) is 0 Å². The van der Waals surface area contributed by atoms with Gasteiger partial charge in [-0.05, 0) is 19.8 Å². The van der Waals surface area contributed by atoms with E-state index in [2.05, 4.69) is 5.32 Å². The fourth-order valence-electron chi connectivity index (χ4n) is 0.681. The molecule has 0 aromatic heterocycles. The van der Waals surface area contributed by atoms with Gasteiger partial charge in [-0.3, -0.25) is 4.79 Å². The first-order valence-corrected chi connectivity index (χ1v) is 4.41. The first-order valence-electron chi connectivity index (χ1n) is 3.97. The van der Waals surface area contributed by atoms with Crippen LogP contribution < -0.4 is 5.32 Å². The van der Waals surface area contributed by atoms with E-state index in [4.69, 9.17) is 16.9 Å². The van der Waals surface area contributed by atoms with E-state index < -0.39 is 5.38 Å². The van der Waals surface area contributed by atoms with E-state index in [0.717, 1.165) is 12.8 Å². The number of amides is 1. The minimum atomic E-state index is -0.471. The van der Waals surface area contributed by atoms with Crippen molar-refractivity contribution in [3.05, 3.63) is 0 Å². The molecular weight excluding hydrogens is 176 g/mol. The molecule has 1 N–H and O–H groups in total. The number of nitrogens with one attached hydrogen (secondary N) is 1. The van der Waals surface area contributed by atoms with Gasteiger partial charge in [0.15, 0.2) is 0 Å². The maximum Gasteiger partial charge on any atom is 0.237 e. The lowest BCUT2D eigenvalue weighted by Crippen LogP contribution is -2.30. The fourth-order valence-corrected chi connectivity index (χ4v) is 0.758. The van der Waals surface area contributed by atoms with Crippen molar-refractivity contribution in [3.63, 3.8) is 0 Å². The van der Waals surface area contributed by atoms with Crippen molar-refractivity contribution in [2.75, 3.05) is 6.54 Å². The van der Waals surface area contributed by atoms with Crippen molar-refractivity contribution in [3.8, 4) is 6.07 Å². The minimum Gasteiger partial charge on any atom is -0.355 e. The van der Waals surface area contributed by atoms with E-state index >= 15 is 0 Å². The van der Waals surface area contributed by atoms with Crippen LogP contribution in [0.5, 0.6) is 0 Å². The topological polar surface area (TPSA) is 52.9 Å². The van der Waals surface area contributed by atoms with Gasteiger partial charge in [-0.2, -0.15) is 5.26 Å². The van der Waals surface area contributed by atoms with Gasteiger partial charge >= 0.3 is 0 Å². The SMILES string of the molecule is CC(Cl)C(=O)NCCCCC#N. The molecule has 0 heterocycles. The predicted molar refractivity (Wildman–Crippen MR) is 47.8 cm³/mol. The molecule has 1 atom stereocenters. The summed E-state index contributed by atoms with van der Waals surface area (Å²) in [4.78, 5) is 10.9. The van der Waals surface area contributed by atoms with Gasteiger partial charge in [-0.25, -0.2) is 0 Å². The minimum absolute atomic E-state index is 0.145. The summed E-state index contributed by atoms with van der Waals surface area (Å²) in [5, 5.41) is 10.4. The summed E-state index contributed by atoms with van der Waals surface area (Å²) in [5.41, 5.74) is 0. The molecule has 12 heavy (non-hydrogen) atoms. The maximum absolute atomic E-state index is 10.9. The number of carbonyl (C=O) groups excluding carboxylic acids is 1. The van der Waals surface area contributed by atoms with Crippen LogP contribution in [0, 0.1) is 11.3 Å². The fraction of sp³-hybridized carbons (Fsp3) is 0.750. The third kappa shape index (κ3) is 5.99. The first kappa shape index (κ1) is 11.2. The molecule has 68 valence electrons. The van der Waals surface area contributed by atoms with Crippen LogP contribution in [0.1, 0.15) is 26.2 Å². The highest BCUT2D eigenvalue weighted by Gasteiger charge is 2.06. The Morgan fingerprint density at radius 1 is 1.67 bits per heavy atom. The van der Waals surface area contributed by atoms with E-state index in [1.165, 1.54) is 0 Å². The Bertz CT molecular complexity index is 174. The van der Waals surface area contributed by atoms with Crippen molar-refractivity contribution in [2.45, 2.75) is 31.6 Å². The van der Waals surface area contributed by atoms with E-state index in [9.17, 15) is 4.79 Å². The summed E-state index contributed by atoms with van der Waals surface area (Å²) >= 11 is 5.50. The van der Waals surface area contributed by atoms with E-state index in [-0.39, 0.29) is 5.91 Å². The average Bonchev–Trinajstić information content (AvgIpc) is 2.03. The molecule has 1 unspecified atom stereocenters. The lowest BCUT2D eigenvalue weighted by Gasteiger charge is -2.04. The molecule has 0 aromatic rings. The number of unbranched alkanes of at least 4 members (excludes halogenated alkanes) is 2. The quantitative estimate of drug-likeness (QED) is 0.524. The second kappa shape index (κ2) is 6.93. The molecule has 0 rings (SSSR count). The molecule has 1 amide bonds. The second-order valence-corrected chi connectivity index (χ2v) is 3.18. The zero-order valence-electron chi connectivity index (χ0n) is 7.14. The molecule has 0 saturated heterocycles. The van der Waals surface area contributed by atoms with Gasteiger partial charge in [-0.15, -0.1) is 11.6 Å². The van der Waals surface area contributed by atoms with Crippen LogP contribution in [0.2, 0.25) is 0 Å². The van der Waals surface area contributed by atoms with Gasteiger partial charge in [-0.1, -0.05) is 0 Å². The van der Waals surface area contributed by atoms with E-state index in [0.29, 0.717) is 13.0 Å². The van der Waals surface area contributed by atoms with Crippen molar-refractivity contribution < 1.29 is 4.79 Å². The van der Waals surface area contributed by atoms with Gasteiger partial charge in [0.1, 0.15) is 5.38 Å². The highest BCUT2D eigenvalue weighted by Crippen LogP contribution is 1.94. The molecule has 3 nitrogen and oxygen atoms in total. The van der Waals surface area contributed by atoms with Crippen LogP contribution in [0.15, 0.2) is 0 Å². The van der Waals surface area contributed by atoms with Crippen LogP contribution in [-0.2, 0) is 4.79 Å². The number of nitrogens with zero attached hydrogens (tertiary/aromatic N) is 1. The van der Waals surface area contributed by atoms with E-state index in [1.807, 2.05) is 6.07 Å². The van der Waals surface area contributed by atoms with Crippen LogP contribution in [-0.4, -0.2) is 17.8 Å². The molecule has 0 saturated carbocycles. The summed E-state index contributed by atoms with van der Waals surface area (Å²) in [6.45, 7) is 2.24.